The van der Waals surface area contributed by atoms with Crippen molar-refractivity contribution in [3.05, 3.63) is 28.3 Å². The predicted octanol–water partition coefficient (Wildman–Crippen LogP) is 2.23. The van der Waals surface area contributed by atoms with Crippen molar-refractivity contribution in [1.29, 1.82) is 0 Å². The molecule has 1 fully saturated rings. The van der Waals surface area contributed by atoms with Gasteiger partial charge in [-0.05, 0) is 24.3 Å². The SMILES string of the molecule is CC1(CNc2cc([N+](=O)[O-])cc(S(N)(=O)=O)c2)CCCC1. The number of nitro benzene ring substituents is 1. The molecule has 116 valence electrons. The van der Waals surface area contributed by atoms with Gasteiger partial charge in [-0.1, -0.05) is 19.8 Å². The molecule has 2 rings (SSSR count). The molecule has 0 heterocycles. The summed E-state index contributed by atoms with van der Waals surface area (Å²) in [6.07, 6.45) is 4.54. The lowest BCUT2D eigenvalue weighted by Gasteiger charge is -2.24. The van der Waals surface area contributed by atoms with E-state index in [1.165, 1.54) is 25.0 Å². The highest BCUT2D eigenvalue weighted by molar-refractivity contribution is 7.89. The average molecular weight is 313 g/mol. The average Bonchev–Trinajstić information content (AvgIpc) is 2.82. The van der Waals surface area contributed by atoms with Crippen LogP contribution >= 0.6 is 0 Å². The van der Waals surface area contributed by atoms with Gasteiger partial charge in [-0.3, -0.25) is 10.1 Å². The van der Waals surface area contributed by atoms with Gasteiger partial charge in [0, 0.05) is 24.4 Å². The van der Waals surface area contributed by atoms with E-state index in [1.807, 2.05) is 0 Å². The zero-order valence-corrected chi connectivity index (χ0v) is 12.6. The number of nitrogens with one attached hydrogen (secondary N) is 1. The van der Waals surface area contributed by atoms with E-state index in [0.717, 1.165) is 18.9 Å². The highest BCUT2D eigenvalue weighted by atomic mass is 32.2. The van der Waals surface area contributed by atoms with Gasteiger partial charge in [0.25, 0.3) is 5.69 Å². The van der Waals surface area contributed by atoms with E-state index in [4.69, 9.17) is 5.14 Å². The second-order valence-corrected chi connectivity index (χ2v) is 7.45. The van der Waals surface area contributed by atoms with Crippen molar-refractivity contribution in [2.75, 3.05) is 11.9 Å². The summed E-state index contributed by atoms with van der Waals surface area (Å²) in [6, 6.07) is 3.63. The van der Waals surface area contributed by atoms with Crippen LogP contribution in [0.15, 0.2) is 23.1 Å². The summed E-state index contributed by atoms with van der Waals surface area (Å²) in [4.78, 5) is 10.0. The Hall–Kier alpha value is -1.67. The summed E-state index contributed by atoms with van der Waals surface area (Å²) in [5.41, 5.74) is 0.258. The van der Waals surface area contributed by atoms with Crippen molar-refractivity contribution in [2.24, 2.45) is 10.6 Å². The molecule has 0 spiro atoms. The van der Waals surface area contributed by atoms with Crippen molar-refractivity contribution in [3.63, 3.8) is 0 Å². The lowest BCUT2D eigenvalue weighted by molar-refractivity contribution is -0.385. The van der Waals surface area contributed by atoms with E-state index >= 15 is 0 Å². The quantitative estimate of drug-likeness (QED) is 0.639. The molecule has 21 heavy (non-hydrogen) atoms. The maximum Gasteiger partial charge on any atom is 0.272 e. The van der Waals surface area contributed by atoms with Crippen LogP contribution in [0.3, 0.4) is 0 Å². The molecule has 0 amide bonds. The summed E-state index contributed by atoms with van der Waals surface area (Å²) in [5.74, 6) is 0. The summed E-state index contributed by atoms with van der Waals surface area (Å²) < 4.78 is 22.8. The number of nitro groups is 1. The number of rotatable bonds is 5. The van der Waals surface area contributed by atoms with Gasteiger partial charge in [-0.15, -0.1) is 0 Å². The van der Waals surface area contributed by atoms with E-state index in [1.54, 1.807) is 0 Å². The summed E-state index contributed by atoms with van der Waals surface area (Å²) in [7, 11) is -3.98. The van der Waals surface area contributed by atoms with Crippen LogP contribution in [0.4, 0.5) is 11.4 Å². The summed E-state index contributed by atoms with van der Waals surface area (Å²) >= 11 is 0. The van der Waals surface area contributed by atoms with Crippen LogP contribution in [0, 0.1) is 15.5 Å². The molecule has 3 N–H and O–H groups in total. The highest BCUT2D eigenvalue weighted by Crippen LogP contribution is 2.37. The third-order valence-corrected chi connectivity index (χ3v) is 4.85. The summed E-state index contributed by atoms with van der Waals surface area (Å²) in [6.45, 7) is 2.81. The van der Waals surface area contributed by atoms with Crippen LogP contribution in [0.25, 0.3) is 0 Å². The van der Waals surface area contributed by atoms with Crippen LogP contribution in [0.1, 0.15) is 32.6 Å². The lowest BCUT2D eigenvalue weighted by atomic mass is 9.89. The van der Waals surface area contributed by atoms with Gasteiger partial charge < -0.3 is 5.32 Å². The van der Waals surface area contributed by atoms with Gasteiger partial charge in [-0.2, -0.15) is 0 Å². The van der Waals surface area contributed by atoms with E-state index in [-0.39, 0.29) is 16.0 Å². The molecule has 0 saturated heterocycles. The minimum Gasteiger partial charge on any atom is -0.384 e. The Morgan fingerprint density at radius 3 is 2.48 bits per heavy atom. The predicted molar refractivity (Wildman–Crippen MR) is 79.5 cm³/mol. The first kappa shape index (κ1) is 15.7. The first-order valence-corrected chi connectivity index (χ1v) is 8.30. The molecule has 1 aliphatic carbocycles. The second kappa shape index (κ2) is 5.61. The van der Waals surface area contributed by atoms with Gasteiger partial charge in [0.2, 0.25) is 10.0 Å². The van der Waals surface area contributed by atoms with Crippen LogP contribution in [0.2, 0.25) is 0 Å². The normalized spacial score (nSPS) is 17.6. The largest absolute Gasteiger partial charge is 0.384 e. The zero-order chi connectivity index (χ0) is 15.7. The molecule has 8 heteroatoms. The van der Waals surface area contributed by atoms with E-state index in [0.29, 0.717) is 12.2 Å². The Bertz CT molecular complexity index is 651. The molecule has 0 aliphatic heterocycles. The fourth-order valence-corrected chi connectivity index (χ4v) is 3.25. The molecule has 7 nitrogen and oxygen atoms in total. The Kier molecular flexibility index (Phi) is 4.20. The Balaban J connectivity index is 2.26. The van der Waals surface area contributed by atoms with Gasteiger partial charge in [0.1, 0.15) is 0 Å². The number of nitrogens with zero attached hydrogens (tertiary/aromatic N) is 1. The number of primary sulfonamides is 1. The van der Waals surface area contributed by atoms with Crippen molar-refractivity contribution in [2.45, 2.75) is 37.5 Å². The molecular weight excluding hydrogens is 294 g/mol. The lowest BCUT2D eigenvalue weighted by Crippen LogP contribution is -2.23. The molecule has 0 bridgehead atoms. The monoisotopic (exact) mass is 313 g/mol. The second-order valence-electron chi connectivity index (χ2n) is 5.89. The van der Waals surface area contributed by atoms with Crippen molar-refractivity contribution >= 4 is 21.4 Å². The summed E-state index contributed by atoms with van der Waals surface area (Å²) in [5, 5.41) is 19.1. The highest BCUT2D eigenvalue weighted by Gasteiger charge is 2.28. The van der Waals surface area contributed by atoms with Crippen LogP contribution in [-0.4, -0.2) is 19.9 Å². The van der Waals surface area contributed by atoms with Crippen LogP contribution in [-0.2, 0) is 10.0 Å². The maximum absolute atomic E-state index is 11.4. The van der Waals surface area contributed by atoms with Crippen LogP contribution in [0.5, 0.6) is 0 Å². The van der Waals surface area contributed by atoms with Gasteiger partial charge in [0.05, 0.1) is 9.82 Å². The Morgan fingerprint density at radius 2 is 1.95 bits per heavy atom. The number of benzene rings is 1. The van der Waals surface area contributed by atoms with Gasteiger partial charge >= 0.3 is 0 Å². The van der Waals surface area contributed by atoms with Crippen molar-refractivity contribution < 1.29 is 13.3 Å². The van der Waals surface area contributed by atoms with Crippen molar-refractivity contribution in [3.8, 4) is 0 Å². The number of hydrogen-bond donors (Lipinski definition) is 2. The first-order chi connectivity index (χ1) is 9.70. The number of non-ortho nitro benzene ring substituents is 1. The molecule has 1 saturated carbocycles. The molecule has 1 aliphatic rings. The molecule has 0 unspecified atom stereocenters. The molecule has 0 aromatic heterocycles. The molecule has 1 aromatic carbocycles. The van der Waals surface area contributed by atoms with Gasteiger partial charge in [0.15, 0.2) is 0 Å². The van der Waals surface area contributed by atoms with Gasteiger partial charge in [-0.25, -0.2) is 13.6 Å². The van der Waals surface area contributed by atoms with Crippen LogP contribution < -0.4 is 10.5 Å². The third-order valence-electron chi connectivity index (χ3n) is 3.96. The third kappa shape index (κ3) is 3.92. The minimum absolute atomic E-state index is 0.145. The smallest absolute Gasteiger partial charge is 0.272 e. The minimum atomic E-state index is -3.98. The number of nitrogens with two attached hydrogens (primary N) is 1. The molecular formula is C13H19N3O4S. The fourth-order valence-electron chi connectivity index (χ4n) is 2.68. The zero-order valence-electron chi connectivity index (χ0n) is 11.8. The standard InChI is InChI=1S/C13H19N3O4S/c1-13(4-2-3-5-13)9-15-10-6-11(16(17)18)8-12(7-10)21(14,19)20/h6-8,15H,2-5,9H2,1H3,(H2,14,19,20). The molecule has 0 radical (unpaired) electrons. The Labute approximate surface area is 123 Å². The number of hydrogen-bond acceptors (Lipinski definition) is 5. The fraction of sp³-hybridized carbons (Fsp3) is 0.538. The number of sulfonamides is 1. The Morgan fingerprint density at radius 1 is 1.33 bits per heavy atom. The topological polar surface area (TPSA) is 115 Å². The van der Waals surface area contributed by atoms with E-state index < -0.39 is 14.9 Å². The molecule has 1 aromatic rings. The van der Waals surface area contributed by atoms with Crippen molar-refractivity contribution in [1.82, 2.24) is 0 Å². The molecule has 0 atom stereocenters. The first-order valence-electron chi connectivity index (χ1n) is 6.76. The maximum atomic E-state index is 11.4. The van der Waals surface area contributed by atoms with E-state index in [9.17, 15) is 18.5 Å². The number of anilines is 1. The van der Waals surface area contributed by atoms with E-state index in [2.05, 4.69) is 12.2 Å².